The van der Waals surface area contributed by atoms with Crippen LogP contribution in [0.4, 0.5) is 11.5 Å². The Morgan fingerprint density at radius 3 is 2.89 bits per heavy atom. The number of ether oxygens (including phenoxy) is 1. The lowest BCUT2D eigenvalue weighted by atomic mass is 10.3. The highest BCUT2D eigenvalue weighted by molar-refractivity contribution is 6.16. The molecule has 0 bridgehead atoms. The first-order valence-corrected chi connectivity index (χ1v) is 6.02. The molecule has 18 heavy (non-hydrogen) atoms. The predicted molar refractivity (Wildman–Crippen MR) is 72.6 cm³/mol. The standard InChI is InChI=1S/C13H14ClN3O/c1-17(11-4-3-5-12(6-11)18-2)13-9-15-8-10(7-14)16-13/h3-6,8-9H,7H2,1-2H3. The fraction of sp³-hybridized carbons (Fsp3) is 0.231. The van der Waals surface area contributed by atoms with E-state index in [4.69, 9.17) is 16.3 Å². The Morgan fingerprint density at radius 1 is 1.33 bits per heavy atom. The van der Waals surface area contributed by atoms with Crippen LogP contribution in [0.15, 0.2) is 36.7 Å². The Bertz CT molecular complexity index is 486. The first-order chi connectivity index (χ1) is 8.74. The Kier molecular flexibility index (Phi) is 3.99. The Morgan fingerprint density at radius 2 is 2.17 bits per heavy atom. The van der Waals surface area contributed by atoms with Gasteiger partial charge in [-0.1, -0.05) is 6.07 Å². The molecule has 0 spiro atoms. The van der Waals surface area contributed by atoms with E-state index in [1.807, 2.05) is 36.2 Å². The smallest absolute Gasteiger partial charge is 0.151 e. The van der Waals surface area contributed by atoms with Gasteiger partial charge in [0.2, 0.25) is 0 Å². The normalized spacial score (nSPS) is 10.2. The van der Waals surface area contributed by atoms with E-state index in [1.165, 1.54) is 0 Å². The van der Waals surface area contributed by atoms with Crippen LogP contribution in [-0.4, -0.2) is 24.1 Å². The van der Waals surface area contributed by atoms with Gasteiger partial charge in [-0.15, -0.1) is 11.6 Å². The maximum atomic E-state index is 5.76. The van der Waals surface area contributed by atoms with Gasteiger partial charge in [0.1, 0.15) is 5.75 Å². The first kappa shape index (κ1) is 12.6. The lowest BCUT2D eigenvalue weighted by Crippen LogP contribution is -2.12. The fourth-order valence-electron chi connectivity index (χ4n) is 1.57. The highest BCUT2D eigenvalue weighted by Gasteiger charge is 2.07. The van der Waals surface area contributed by atoms with E-state index in [-0.39, 0.29) is 0 Å². The van der Waals surface area contributed by atoms with E-state index >= 15 is 0 Å². The van der Waals surface area contributed by atoms with Crippen LogP contribution in [0.2, 0.25) is 0 Å². The lowest BCUT2D eigenvalue weighted by Gasteiger charge is -2.18. The predicted octanol–water partition coefficient (Wildman–Crippen LogP) is 2.99. The van der Waals surface area contributed by atoms with Crippen LogP contribution in [0.3, 0.4) is 0 Å². The molecule has 1 heterocycles. The van der Waals surface area contributed by atoms with Crippen molar-refractivity contribution >= 4 is 23.1 Å². The van der Waals surface area contributed by atoms with Crippen molar-refractivity contribution in [2.24, 2.45) is 0 Å². The van der Waals surface area contributed by atoms with Crippen molar-refractivity contribution in [2.45, 2.75) is 5.88 Å². The Balaban J connectivity index is 2.31. The van der Waals surface area contributed by atoms with Crippen LogP contribution in [0.1, 0.15) is 5.69 Å². The molecule has 5 heteroatoms. The molecule has 0 aliphatic rings. The summed E-state index contributed by atoms with van der Waals surface area (Å²) in [5.74, 6) is 1.91. The summed E-state index contributed by atoms with van der Waals surface area (Å²) in [6.07, 6.45) is 3.37. The molecular formula is C13H14ClN3O. The summed E-state index contributed by atoms with van der Waals surface area (Å²) < 4.78 is 5.20. The molecule has 0 aliphatic carbocycles. The van der Waals surface area contributed by atoms with Crippen LogP contribution in [0.25, 0.3) is 0 Å². The Hall–Kier alpha value is -1.81. The van der Waals surface area contributed by atoms with Crippen LogP contribution in [-0.2, 0) is 5.88 Å². The highest BCUT2D eigenvalue weighted by Crippen LogP contribution is 2.25. The van der Waals surface area contributed by atoms with E-state index < -0.39 is 0 Å². The third-order valence-corrected chi connectivity index (χ3v) is 2.87. The summed E-state index contributed by atoms with van der Waals surface area (Å²) in [6, 6.07) is 7.76. The molecule has 0 aliphatic heterocycles. The minimum Gasteiger partial charge on any atom is -0.497 e. The molecule has 1 aromatic heterocycles. The van der Waals surface area contributed by atoms with Crippen molar-refractivity contribution in [3.05, 3.63) is 42.4 Å². The van der Waals surface area contributed by atoms with E-state index in [0.717, 1.165) is 22.9 Å². The minimum absolute atomic E-state index is 0.354. The largest absolute Gasteiger partial charge is 0.497 e. The van der Waals surface area contributed by atoms with Crippen LogP contribution >= 0.6 is 11.6 Å². The second kappa shape index (κ2) is 5.69. The van der Waals surface area contributed by atoms with Gasteiger partial charge in [0.25, 0.3) is 0 Å². The molecule has 94 valence electrons. The van der Waals surface area contributed by atoms with Crippen LogP contribution < -0.4 is 9.64 Å². The zero-order valence-corrected chi connectivity index (χ0v) is 11.1. The number of halogens is 1. The zero-order valence-electron chi connectivity index (χ0n) is 10.3. The minimum atomic E-state index is 0.354. The Labute approximate surface area is 111 Å². The van der Waals surface area contributed by atoms with Crippen molar-refractivity contribution in [2.75, 3.05) is 19.1 Å². The van der Waals surface area contributed by atoms with Gasteiger partial charge in [-0.05, 0) is 12.1 Å². The van der Waals surface area contributed by atoms with Gasteiger partial charge in [-0.25, -0.2) is 4.98 Å². The number of hydrogen-bond donors (Lipinski definition) is 0. The maximum Gasteiger partial charge on any atom is 0.151 e. The van der Waals surface area contributed by atoms with E-state index in [2.05, 4.69) is 9.97 Å². The average Bonchev–Trinajstić information content (AvgIpc) is 2.46. The van der Waals surface area contributed by atoms with Crippen molar-refractivity contribution in [3.8, 4) is 5.75 Å². The van der Waals surface area contributed by atoms with Gasteiger partial charge in [0.05, 0.1) is 24.9 Å². The van der Waals surface area contributed by atoms with E-state index in [1.54, 1.807) is 19.5 Å². The number of methoxy groups -OCH3 is 1. The summed E-state index contributed by atoms with van der Waals surface area (Å²) in [4.78, 5) is 10.5. The SMILES string of the molecule is COc1cccc(N(C)c2cncc(CCl)n2)c1. The van der Waals surface area contributed by atoms with Gasteiger partial charge in [-0.3, -0.25) is 4.98 Å². The molecule has 0 atom stereocenters. The summed E-state index contributed by atoms with van der Waals surface area (Å²) >= 11 is 5.76. The summed E-state index contributed by atoms with van der Waals surface area (Å²) in [6.45, 7) is 0. The highest BCUT2D eigenvalue weighted by atomic mass is 35.5. The van der Waals surface area contributed by atoms with Gasteiger partial charge in [-0.2, -0.15) is 0 Å². The quantitative estimate of drug-likeness (QED) is 0.795. The summed E-state index contributed by atoms with van der Waals surface area (Å²) in [7, 11) is 3.57. The van der Waals surface area contributed by atoms with Crippen molar-refractivity contribution in [3.63, 3.8) is 0 Å². The molecule has 0 unspecified atom stereocenters. The number of nitrogens with zero attached hydrogens (tertiary/aromatic N) is 3. The molecule has 0 radical (unpaired) electrons. The molecule has 1 aromatic carbocycles. The van der Waals surface area contributed by atoms with Crippen molar-refractivity contribution in [1.29, 1.82) is 0 Å². The van der Waals surface area contributed by atoms with Gasteiger partial charge < -0.3 is 9.64 Å². The average molecular weight is 264 g/mol. The third-order valence-electron chi connectivity index (χ3n) is 2.59. The maximum absolute atomic E-state index is 5.76. The van der Waals surface area contributed by atoms with Crippen LogP contribution in [0, 0.1) is 0 Å². The number of hydrogen-bond acceptors (Lipinski definition) is 4. The fourth-order valence-corrected chi connectivity index (χ4v) is 1.70. The molecule has 0 saturated heterocycles. The molecule has 0 saturated carbocycles. The number of benzene rings is 1. The second-order valence-corrected chi connectivity index (χ2v) is 4.03. The molecule has 0 N–H and O–H groups in total. The molecule has 2 rings (SSSR count). The summed E-state index contributed by atoms with van der Waals surface area (Å²) in [5.41, 5.74) is 1.74. The number of alkyl halides is 1. The van der Waals surface area contributed by atoms with E-state index in [0.29, 0.717) is 5.88 Å². The molecule has 0 amide bonds. The van der Waals surface area contributed by atoms with Crippen molar-refractivity contribution in [1.82, 2.24) is 9.97 Å². The third kappa shape index (κ3) is 2.71. The number of anilines is 2. The summed E-state index contributed by atoms with van der Waals surface area (Å²) in [5, 5.41) is 0. The lowest BCUT2D eigenvalue weighted by molar-refractivity contribution is 0.415. The monoisotopic (exact) mass is 263 g/mol. The molecular weight excluding hydrogens is 250 g/mol. The van der Waals surface area contributed by atoms with E-state index in [9.17, 15) is 0 Å². The molecule has 4 nitrogen and oxygen atoms in total. The number of aromatic nitrogens is 2. The van der Waals surface area contributed by atoms with Gasteiger partial charge in [0.15, 0.2) is 5.82 Å². The van der Waals surface area contributed by atoms with Gasteiger partial charge >= 0.3 is 0 Å². The first-order valence-electron chi connectivity index (χ1n) is 5.49. The van der Waals surface area contributed by atoms with Gasteiger partial charge in [0, 0.05) is 25.0 Å². The zero-order chi connectivity index (χ0) is 13.0. The number of rotatable bonds is 4. The van der Waals surface area contributed by atoms with Crippen LogP contribution in [0.5, 0.6) is 5.75 Å². The molecule has 0 fully saturated rings. The second-order valence-electron chi connectivity index (χ2n) is 3.76. The van der Waals surface area contributed by atoms with Crippen molar-refractivity contribution < 1.29 is 4.74 Å². The molecule has 2 aromatic rings. The topological polar surface area (TPSA) is 38.2 Å².